The fourth-order valence-corrected chi connectivity index (χ4v) is 2.88. The van der Waals surface area contributed by atoms with E-state index in [1.165, 1.54) is 11.1 Å². The lowest BCUT2D eigenvalue weighted by Crippen LogP contribution is -2.43. The zero-order chi connectivity index (χ0) is 17.3. The first kappa shape index (κ1) is 16.2. The van der Waals surface area contributed by atoms with Gasteiger partial charge >= 0.3 is 0 Å². The van der Waals surface area contributed by atoms with Crippen LogP contribution in [0.1, 0.15) is 33.9 Å². The van der Waals surface area contributed by atoms with Crippen LogP contribution >= 0.6 is 0 Å². The highest BCUT2D eigenvalue weighted by Crippen LogP contribution is 2.22. The number of carbonyl (C=O) groups is 2. The lowest BCUT2D eigenvalue weighted by Gasteiger charge is -2.31. The molecule has 1 saturated heterocycles. The van der Waals surface area contributed by atoms with Crippen LogP contribution in [0.3, 0.4) is 0 Å². The molecule has 0 aromatic carbocycles. The van der Waals surface area contributed by atoms with Crippen molar-refractivity contribution in [3.8, 4) is 0 Å². The van der Waals surface area contributed by atoms with E-state index < -0.39 is 29.2 Å². The van der Waals surface area contributed by atoms with Crippen LogP contribution in [0, 0.1) is 17.6 Å². The Morgan fingerprint density at radius 2 is 2.08 bits per heavy atom. The number of amides is 1. The van der Waals surface area contributed by atoms with Crippen LogP contribution in [-0.2, 0) is 7.05 Å². The quantitative estimate of drug-likeness (QED) is 0.803. The highest BCUT2D eigenvalue weighted by molar-refractivity contribution is 5.96. The maximum absolute atomic E-state index is 13.8. The Morgan fingerprint density at radius 1 is 1.29 bits per heavy atom. The molecule has 0 saturated carbocycles. The number of Topliss-reactive ketones (excluding diaryl/α,β-unsaturated/α-hetero) is 1. The molecular weight excluding hydrogens is 318 g/mol. The first-order valence-corrected chi connectivity index (χ1v) is 7.59. The summed E-state index contributed by atoms with van der Waals surface area (Å²) in [5.41, 5.74) is -0.429. The summed E-state index contributed by atoms with van der Waals surface area (Å²) in [5.74, 6) is -2.69. The molecule has 1 aliphatic rings. The van der Waals surface area contributed by atoms with E-state index in [0.29, 0.717) is 31.3 Å². The predicted octanol–water partition coefficient (Wildman–Crippen LogP) is 1.83. The summed E-state index contributed by atoms with van der Waals surface area (Å²) in [5, 5.41) is 0. The van der Waals surface area contributed by atoms with Gasteiger partial charge in [0.1, 0.15) is 5.82 Å². The Balaban J connectivity index is 1.77. The Kier molecular flexibility index (Phi) is 4.37. The fourth-order valence-electron chi connectivity index (χ4n) is 2.88. The molecule has 0 spiro atoms. The number of aryl methyl sites for hydroxylation is 1. The van der Waals surface area contributed by atoms with Gasteiger partial charge in [0, 0.05) is 44.5 Å². The lowest BCUT2D eigenvalue weighted by atomic mass is 9.93. The van der Waals surface area contributed by atoms with Crippen molar-refractivity contribution in [1.29, 1.82) is 0 Å². The molecule has 0 unspecified atom stereocenters. The van der Waals surface area contributed by atoms with Crippen LogP contribution in [-0.4, -0.2) is 44.2 Å². The average Bonchev–Trinajstić information content (AvgIpc) is 3.00. The first-order chi connectivity index (χ1) is 11.5. The molecule has 1 aliphatic heterocycles. The largest absolute Gasteiger partial charge is 0.336 e. The number of aromatic nitrogens is 3. The van der Waals surface area contributed by atoms with E-state index in [1.54, 1.807) is 17.8 Å². The molecule has 1 fully saturated rings. The molecule has 3 rings (SSSR count). The van der Waals surface area contributed by atoms with Gasteiger partial charge in [-0.2, -0.15) is 0 Å². The van der Waals surface area contributed by atoms with Crippen molar-refractivity contribution < 1.29 is 18.4 Å². The highest BCUT2D eigenvalue weighted by Gasteiger charge is 2.32. The van der Waals surface area contributed by atoms with E-state index in [-0.39, 0.29) is 12.3 Å². The monoisotopic (exact) mass is 334 g/mol. The molecular formula is C16H16F2N4O2. The molecule has 0 bridgehead atoms. The number of imidazole rings is 1. The molecule has 2 aromatic rings. The van der Waals surface area contributed by atoms with Gasteiger partial charge < -0.3 is 9.47 Å². The molecule has 1 amide bonds. The Hall–Kier alpha value is -2.64. The number of ketones is 1. The van der Waals surface area contributed by atoms with Crippen molar-refractivity contribution in [3.63, 3.8) is 0 Å². The molecule has 3 heterocycles. The Morgan fingerprint density at radius 3 is 2.75 bits per heavy atom. The van der Waals surface area contributed by atoms with Gasteiger partial charge in [0.05, 0.1) is 6.20 Å². The fraction of sp³-hybridized carbons (Fsp3) is 0.375. The number of halogens is 2. The third-order valence-corrected chi connectivity index (χ3v) is 4.13. The first-order valence-electron chi connectivity index (χ1n) is 7.59. The zero-order valence-corrected chi connectivity index (χ0v) is 13.1. The number of rotatable bonds is 3. The second-order valence-corrected chi connectivity index (χ2v) is 5.80. The van der Waals surface area contributed by atoms with E-state index >= 15 is 0 Å². The van der Waals surface area contributed by atoms with E-state index in [4.69, 9.17) is 0 Å². The molecule has 0 aliphatic carbocycles. The van der Waals surface area contributed by atoms with E-state index in [1.807, 2.05) is 0 Å². The summed E-state index contributed by atoms with van der Waals surface area (Å²) < 4.78 is 28.3. The third-order valence-electron chi connectivity index (χ3n) is 4.13. The van der Waals surface area contributed by atoms with Gasteiger partial charge in [-0.1, -0.05) is 0 Å². The molecule has 8 heteroatoms. The highest BCUT2D eigenvalue weighted by atomic mass is 19.1. The lowest BCUT2D eigenvalue weighted by molar-refractivity contribution is 0.0624. The zero-order valence-electron chi connectivity index (χ0n) is 13.1. The van der Waals surface area contributed by atoms with Gasteiger partial charge in [0.2, 0.25) is 5.78 Å². The van der Waals surface area contributed by atoms with Crippen molar-refractivity contribution in [2.45, 2.75) is 12.8 Å². The third kappa shape index (κ3) is 3.04. The van der Waals surface area contributed by atoms with Crippen LogP contribution < -0.4 is 0 Å². The van der Waals surface area contributed by atoms with Gasteiger partial charge in [-0.3, -0.25) is 9.59 Å². The standard InChI is InChI=1S/C16H16F2N4O2/c1-21-6-4-19-15(21)14(23)10-3-2-5-22(9-10)16(24)13-12(18)7-11(17)8-20-13/h4,6-8,10H,2-3,5,9H2,1H3/t10-/m0/s1. The van der Waals surface area contributed by atoms with Crippen LogP contribution in [0.15, 0.2) is 24.7 Å². The molecule has 6 nitrogen and oxygen atoms in total. The minimum absolute atomic E-state index is 0.146. The van der Waals surface area contributed by atoms with Gasteiger partial charge in [-0.15, -0.1) is 0 Å². The number of nitrogens with zero attached hydrogens (tertiary/aromatic N) is 4. The van der Waals surface area contributed by atoms with E-state index in [2.05, 4.69) is 9.97 Å². The molecule has 126 valence electrons. The molecule has 1 atom stereocenters. The summed E-state index contributed by atoms with van der Waals surface area (Å²) in [6.45, 7) is 0.574. The van der Waals surface area contributed by atoms with Gasteiger partial charge in [-0.25, -0.2) is 18.7 Å². The number of hydrogen-bond acceptors (Lipinski definition) is 4. The minimum Gasteiger partial charge on any atom is -0.336 e. The van der Waals surface area contributed by atoms with Crippen LogP contribution in [0.5, 0.6) is 0 Å². The van der Waals surface area contributed by atoms with Gasteiger partial charge in [0.15, 0.2) is 17.3 Å². The van der Waals surface area contributed by atoms with Crippen molar-refractivity contribution in [2.75, 3.05) is 13.1 Å². The second-order valence-electron chi connectivity index (χ2n) is 5.80. The van der Waals surface area contributed by atoms with Crippen molar-refractivity contribution in [2.24, 2.45) is 13.0 Å². The van der Waals surface area contributed by atoms with Gasteiger partial charge in [0.25, 0.3) is 5.91 Å². The number of hydrogen-bond donors (Lipinski definition) is 0. The topological polar surface area (TPSA) is 68.1 Å². The summed E-state index contributed by atoms with van der Waals surface area (Å²) >= 11 is 0. The second kappa shape index (κ2) is 6.46. The smallest absolute Gasteiger partial charge is 0.275 e. The van der Waals surface area contributed by atoms with Crippen LogP contribution in [0.2, 0.25) is 0 Å². The number of carbonyl (C=O) groups excluding carboxylic acids is 2. The normalized spacial score (nSPS) is 17.8. The summed E-state index contributed by atoms with van der Waals surface area (Å²) in [4.78, 5) is 33.9. The maximum Gasteiger partial charge on any atom is 0.275 e. The Bertz CT molecular complexity index is 790. The molecule has 24 heavy (non-hydrogen) atoms. The minimum atomic E-state index is -1.00. The molecule has 0 N–H and O–H groups in total. The van der Waals surface area contributed by atoms with Crippen molar-refractivity contribution >= 4 is 11.7 Å². The number of pyridine rings is 1. The van der Waals surface area contributed by atoms with Gasteiger partial charge in [-0.05, 0) is 12.8 Å². The summed E-state index contributed by atoms with van der Waals surface area (Å²) in [7, 11) is 1.73. The van der Waals surface area contributed by atoms with E-state index in [9.17, 15) is 18.4 Å². The predicted molar refractivity (Wildman–Crippen MR) is 80.3 cm³/mol. The summed E-state index contributed by atoms with van der Waals surface area (Å²) in [6, 6.07) is 0.626. The SMILES string of the molecule is Cn1ccnc1C(=O)[C@H]1CCCN(C(=O)c2ncc(F)cc2F)C1. The number of piperidine rings is 1. The average molecular weight is 334 g/mol. The van der Waals surface area contributed by atoms with E-state index in [0.717, 1.165) is 6.20 Å². The van der Waals surface area contributed by atoms with Crippen LogP contribution in [0.25, 0.3) is 0 Å². The van der Waals surface area contributed by atoms with Crippen molar-refractivity contribution in [1.82, 2.24) is 19.4 Å². The molecule has 0 radical (unpaired) electrons. The number of likely N-dealkylation sites (tertiary alicyclic amines) is 1. The maximum atomic E-state index is 13.8. The Labute approximate surface area is 137 Å². The van der Waals surface area contributed by atoms with Crippen molar-refractivity contribution in [3.05, 3.63) is 47.8 Å². The summed E-state index contributed by atoms with van der Waals surface area (Å²) in [6.07, 6.45) is 5.27. The molecule has 2 aromatic heterocycles. The van der Waals surface area contributed by atoms with Crippen LogP contribution in [0.4, 0.5) is 8.78 Å².